The number of nitrogens with one attached hydrogen (secondary N) is 1. The molecule has 0 aliphatic carbocycles. The number of aromatic nitrogens is 1. The van der Waals surface area contributed by atoms with Crippen molar-refractivity contribution < 1.29 is 16.8 Å². The summed E-state index contributed by atoms with van der Waals surface area (Å²) in [6, 6.07) is 3.23. The monoisotopic (exact) mass is 333 g/mol. The van der Waals surface area contributed by atoms with Crippen molar-refractivity contribution in [1.82, 2.24) is 14.6 Å². The molecule has 118 valence electrons. The van der Waals surface area contributed by atoms with Gasteiger partial charge >= 0.3 is 0 Å². The van der Waals surface area contributed by atoms with Gasteiger partial charge in [-0.05, 0) is 11.6 Å². The van der Waals surface area contributed by atoms with Crippen LogP contribution in [0.2, 0.25) is 0 Å². The van der Waals surface area contributed by atoms with Crippen LogP contribution in [0.5, 0.6) is 0 Å². The molecular weight excluding hydrogens is 314 g/mol. The third-order valence-electron chi connectivity index (χ3n) is 3.33. The average molecular weight is 333 g/mol. The average Bonchev–Trinajstić information content (AvgIpc) is 2.46. The molecule has 1 saturated heterocycles. The second-order valence-electron chi connectivity index (χ2n) is 5.06. The summed E-state index contributed by atoms with van der Waals surface area (Å²) in [5.74, 6) is -0.748. The fourth-order valence-electron chi connectivity index (χ4n) is 2.25. The van der Waals surface area contributed by atoms with Gasteiger partial charge in [0.15, 0.2) is 0 Å². The van der Waals surface area contributed by atoms with Gasteiger partial charge in [0.2, 0.25) is 10.0 Å². The van der Waals surface area contributed by atoms with E-state index in [-0.39, 0.29) is 17.5 Å². The summed E-state index contributed by atoms with van der Waals surface area (Å²) >= 11 is 0. The van der Waals surface area contributed by atoms with E-state index < -0.39 is 19.9 Å². The summed E-state index contributed by atoms with van der Waals surface area (Å²) in [5.41, 5.74) is 0.799. The summed E-state index contributed by atoms with van der Waals surface area (Å²) in [4.78, 5) is 4.02. The predicted molar refractivity (Wildman–Crippen MR) is 80.1 cm³/mol. The van der Waals surface area contributed by atoms with Crippen LogP contribution in [0, 0.1) is 0 Å². The molecule has 21 heavy (non-hydrogen) atoms. The van der Waals surface area contributed by atoms with Crippen LogP contribution in [0.3, 0.4) is 0 Å². The third-order valence-corrected chi connectivity index (χ3v) is 6.41. The number of hydrogen-bond donors (Lipinski definition) is 1. The molecule has 0 saturated carbocycles. The molecule has 2 rings (SSSR count). The second-order valence-corrected chi connectivity index (χ2v) is 9.36. The SMILES string of the molecule is CS(=O)(=O)CCS(=O)(=O)N1CCNCC1c1cccnc1. The first-order chi connectivity index (χ1) is 9.80. The van der Waals surface area contributed by atoms with Gasteiger partial charge in [-0.1, -0.05) is 6.07 Å². The Bertz CT molecular complexity index is 674. The normalized spacial score (nSPS) is 21.3. The first-order valence-electron chi connectivity index (χ1n) is 6.57. The standard InChI is InChI=1S/C12H19N3O4S2/c1-20(16,17)7-8-21(18,19)15-6-5-14-10-12(15)11-3-2-4-13-9-11/h2-4,9,12,14H,5-8,10H2,1H3. The zero-order valence-corrected chi connectivity index (χ0v) is 13.4. The third kappa shape index (κ3) is 4.47. The van der Waals surface area contributed by atoms with Crippen molar-refractivity contribution in [2.75, 3.05) is 37.4 Å². The zero-order valence-electron chi connectivity index (χ0n) is 11.8. The summed E-state index contributed by atoms with van der Waals surface area (Å²) in [5, 5.41) is 3.16. The van der Waals surface area contributed by atoms with Gasteiger partial charge in [-0.2, -0.15) is 4.31 Å². The van der Waals surface area contributed by atoms with Crippen LogP contribution < -0.4 is 5.32 Å². The molecule has 1 atom stereocenters. The van der Waals surface area contributed by atoms with Crippen molar-refractivity contribution >= 4 is 19.9 Å². The molecule has 0 aromatic carbocycles. The van der Waals surface area contributed by atoms with E-state index in [2.05, 4.69) is 10.3 Å². The Balaban J connectivity index is 2.22. The van der Waals surface area contributed by atoms with E-state index in [1.54, 1.807) is 18.5 Å². The Hall–Kier alpha value is -1.03. The smallest absolute Gasteiger partial charge is 0.215 e. The Kier molecular flexibility index (Phi) is 4.97. The fraction of sp³-hybridized carbons (Fsp3) is 0.583. The molecule has 7 nitrogen and oxygen atoms in total. The van der Waals surface area contributed by atoms with Crippen LogP contribution in [0.4, 0.5) is 0 Å². The lowest BCUT2D eigenvalue weighted by Crippen LogP contribution is -2.49. The van der Waals surface area contributed by atoms with E-state index in [9.17, 15) is 16.8 Å². The highest BCUT2D eigenvalue weighted by molar-refractivity contribution is 7.93. The van der Waals surface area contributed by atoms with Crippen LogP contribution >= 0.6 is 0 Å². The number of pyridine rings is 1. The number of sulfonamides is 1. The Morgan fingerprint density at radius 1 is 1.33 bits per heavy atom. The van der Waals surface area contributed by atoms with Crippen LogP contribution in [0.15, 0.2) is 24.5 Å². The van der Waals surface area contributed by atoms with E-state index in [0.717, 1.165) is 11.8 Å². The molecule has 1 aliphatic rings. The van der Waals surface area contributed by atoms with Crippen LogP contribution in [-0.4, -0.2) is 63.5 Å². The summed E-state index contributed by atoms with van der Waals surface area (Å²) in [6.45, 7) is 1.37. The quantitative estimate of drug-likeness (QED) is 0.773. The summed E-state index contributed by atoms with van der Waals surface area (Å²) in [7, 11) is -6.94. The van der Waals surface area contributed by atoms with E-state index in [1.807, 2.05) is 6.07 Å². The van der Waals surface area contributed by atoms with Crippen molar-refractivity contribution in [3.63, 3.8) is 0 Å². The highest BCUT2D eigenvalue weighted by Crippen LogP contribution is 2.24. The number of piperazine rings is 1. The first-order valence-corrected chi connectivity index (χ1v) is 10.2. The van der Waals surface area contributed by atoms with E-state index in [0.29, 0.717) is 19.6 Å². The highest BCUT2D eigenvalue weighted by atomic mass is 32.2. The van der Waals surface area contributed by atoms with E-state index in [4.69, 9.17) is 0 Å². The number of sulfone groups is 1. The molecule has 1 aliphatic heterocycles. The number of nitrogens with zero attached hydrogens (tertiary/aromatic N) is 2. The molecule has 1 aromatic rings. The number of rotatable bonds is 5. The van der Waals surface area contributed by atoms with Gasteiger partial charge in [0.1, 0.15) is 9.84 Å². The van der Waals surface area contributed by atoms with Gasteiger partial charge in [0.25, 0.3) is 0 Å². The molecule has 1 aromatic heterocycles. The van der Waals surface area contributed by atoms with Gasteiger partial charge in [-0.15, -0.1) is 0 Å². The van der Waals surface area contributed by atoms with Crippen molar-refractivity contribution in [2.45, 2.75) is 6.04 Å². The van der Waals surface area contributed by atoms with Crippen molar-refractivity contribution in [1.29, 1.82) is 0 Å². The van der Waals surface area contributed by atoms with Crippen LogP contribution in [-0.2, 0) is 19.9 Å². The minimum Gasteiger partial charge on any atom is -0.313 e. The topological polar surface area (TPSA) is 96.4 Å². The minimum atomic E-state index is -3.63. The Morgan fingerprint density at radius 3 is 2.71 bits per heavy atom. The fourth-order valence-corrected chi connectivity index (χ4v) is 5.49. The lowest BCUT2D eigenvalue weighted by Gasteiger charge is -2.35. The second kappa shape index (κ2) is 6.39. The molecule has 0 bridgehead atoms. The van der Waals surface area contributed by atoms with Gasteiger partial charge in [0.05, 0.1) is 17.5 Å². The zero-order chi connectivity index (χ0) is 15.5. The van der Waals surface area contributed by atoms with Gasteiger partial charge in [0, 0.05) is 38.3 Å². The summed E-state index contributed by atoms with van der Waals surface area (Å²) < 4.78 is 48.7. The van der Waals surface area contributed by atoms with Crippen molar-refractivity contribution in [2.24, 2.45) is 0 Å². The first kappa shape index (κ1) is 16.3. The van der Waals surface area contributed by atoms with Crippen LogP contribution in [0.1, 0.15) is 11.6 Å². The molecule has 9 heteroatoms. The molecule has 0 spiro atoms. The van der Waals surface area contributed by atoms with E-state index >= 15 is 0 Å². The van der Waals surface area contributed by atoms with Crippen LogP contribution in [0.25, 0.3) is 0 Å². The Morgan fingerprint density at radius 2 is 2.10 bits per heavy atom. The van der Waals surface area contributed by atoms with E-state index in [1.165, 1.54) is 4.31 Å². The molecule has 1 unspecified atom stereocenters. The molecule has 1 fully saturated rings. The molecular formula is C12H19N3O4S2. The molecule has 2 heterocycles. The largest absolute Gasteiger partial charge is 0.313 e. The molecule has 0 radical (unpaired) electrons. The van der Waals surface area contributed by atoms with Gasteiger partial charge in [-0.3, -0.25) is 4.98 Å². The van der Waals surface area contributed by atoms with Gasteiger partial charge < -0.3 is 5.32 Å². The lowest BCUT2D eigenvalue weighted by atomic mass is 10.1. The van der Waals surface area contributed by atoms with Crippen molar-refractivity contribution in [3.8, 4) is 0 Å². The van der Waals surface area contributed by atoms with Crippen molar-refractivity contribution in [3.05, 3.63) is 30.1 Å². The Labute approximate surface area is 125 Å². The highest BCUT2D eigenvalue weighted by Gasteiger charge is 2.33. The predicted octanol–water partition coefficient (Wildman–Crippen LogP) is -0.598. The van der Waals surface area contributed by atoms with Gasteiger partial charge in [-0.25, -0.2) is 16.8 Å². The lowest BCUT2D eigenvalue weighted by molar-refractivity contribution is 0.271. The maximum absolute atomic E-state index is 12.4. The molecule has 1 N–H and O–H groups in total. The maximum atomic E-state index is 12.4. The minimum absolute atomic E-state index is 0.325. The maximum Gasteiger partial charge on any atom is 0.215 e. The summed E-state index contributed by atoms with van der Waals surface area (Å²) in [6.07, 6.45) is 4.30. The molecule has 0 amide bonds. The number of hydrogen-bond acceptors (Lipinski definition) is 6.